The van der Waals surface area contributed by atoms with E-state index >= 15 is 0 Å². The van der Waals surface area contributed by atoms with Crippen LogP contribution in [0.4, 0.5) is 13.2 Å². The van der Waals surface area contributed by atoms with Crippen LogP contribution in [0.15, 0.2) is 0 Å². The predicted octanol–water partition coefficient (Wildman–Crippen LogP) is 2.42. The number of halogens is 3. The highest BCUT2D eigenvalue weighted by Crippen LogP contribution is 2.31. The first-order chi connectivity index (χ1) is 8.94. The second kappa shape index (κ2) is 8.07. The Morgan fingerprint density at radius 1 is 1.37 bits per heavy atom. The number of hydrogen-bond donors (Lipinski definition) is 1. The summed E-state index contributed by atoms with van der Waals surface area (Å²) in [4.78, 5) is 1.58. The molecule has 3 nitrogen and oxygen atoms in total. The number of ether oxygens (including phenoxy) is 1. The smallest absolute Gasteiger partial charge is 0.382 e. The summed E-state index contributed by atoms with van der Waals surface area (Å²) in [6.45, 7) is 5.80. The number of alkyl halides is 3. The molecular formula is C13H25F3N2O. The van der Waals surface area contributed by atoms with Crippen LogP contribution in [0, 0.1) is 0 Å². The van der Waals surface area contributed by atoms with E-state index in [9.17, 15) is 13.2 Å². The van der Waals surface area contributed by atoms with E-state index in [1.54, 1.807) is 4.90 Å². The van der Waals surface area contributed by atoms with Crippen LogP contribution in [0.1, 0.15) is 33.1 Å². The van der Waals surface area contributed by atoms with Gasteiger partial charge in [0.2, 0.25) is 0 Å². The van der Waals surface area contributed by atoms with Gasteiger partial charge in [-0.2, -0.15) is 13.2 Å². The number of rotatable bonds is 10. The summed E-state index contributed by atoms with van der Waals surface area (Å²) < 4.78 is 42.7. The summed E-state index contributed by atoms with van der Waals surface area (Å²) in [7, 11) is 0. The van der Waals surface area contributed by atoms with Crippen molar-refractivity contribution in [1.29, 1.82) is 0 Å². The Balaban J connectivity index is 2.19. The molecule has 0 radical (unpaired) electrons. The van der Waals surface area contributed by atoms with Gasteiger partial charge in [-0.15, -0.1) is 0 Å². The Hall–Kier alpha value is -0.330. The number of nitrogens with zero attached hydrogens (tertiary/aromatic N) is 1. The van der Waals surface area contributed by atoms with Gasteiger partial charge < -0.3 is 10.1 Å². The summed E-state index contributed by atoms with van der Waals surface area (Å²) in [5.41, 5.74) is 0. The van der Waals surface area contributed by atoms with Crippen molar-refractivity contribution in [2.45, 2.75) is 51.4 Å². The fraction of sp³-hybridized carbons (Fsp3) is 1.00. The maximum Gasteiger partial charge on any atom is 0.401 e. The van der Waals surface area contributed by atoms with Crippen LogP contribution >= 0.6 is 0 Å². The Bertz CT molecular complexity index is 245. The van der Waals surface area contributed by atoms with E-state index in [2.05, 4.69) is 5.32 Å². The van der Waals surface area contributed by atoms with Gasteiger partial charge in [0.15, 0.2) is 0 Å². The van der Waals surface area contributed by atoms with Crippen LogP contribution in [0.25, 0.3) is 0 Å². The third-order valence-corrected chi connectivity index (χ3v) is 3.23. The van der Waals surface area contributed by atoms with E-state index < -0.39 is 12.7 Å². The number of hydrogen-bond acceptors (Lipinski definition) is 3. The lowest BCUT2D eigenvalue weighted by atomic mass is 10.2. The van der Waals surface area contributed by atoms with E-state index in [0.29, 0.717) is 19.8 Å². The summed E-state index contributed by atoms with van der Waals surface area (Å²) >= 11 is 0. The van der Waals surface area contributed by atoms with Gasteiger partial charge >= 0.3 is 6.18 Å². The van der Waals surface area contributed by atoms with Crippen molar-refractivity contribution in [3.63, 3.8) is 0 Å². The first-order valence-corrected chi connectivity index (χ1v) is 7.05. The standard InChI is InChI=1S/C13H25F3N2O/c1-3-19-8-4-7-17-9-11(2)18(12-5-6-12)10-13(14,15)16/h11-12,17H,3-10H2,1-2H3. The normalized spacial score (nSPS) is 18.0. The van der Waals surface area contributed by atoms with Gasteiger partial charge in [-0.3, -0.25) is 4.90 Å². The second-order valence-corrected chi connectivity index (χ2v) is 5.12. The highest BCUT2D eigenvalue weighted by atomic mass is 19.4. The topological polar surface area (TPSA) is 24.5 Å². The van der Waals surface area contributed by atoms with E-state index in [1.165, 1.54) is 0 Å². The first kappa shape index (κ1) is 16.7. The fourth-order valence-electron chi connectivity index (χ4n) is 2.13. The van der Waals surface area contributed by atoms with Gasteiger partial charge in [0.1, 0.15) is 0 Å². The lowest BCUT2D eigenvalue weighted by molar-refractivity contribution is -0.151. The minimum atomic E-state index is -4.11. The molecule has 0 heterocycles. The van der Waals surface area contributed by atoms with Gasteiger partial charge in [-0.1, -0.05) is 0 Å². The predicted molar refractivity (Wildman–Crippen MR) is 69.2 cm³/mol. The molecule has 1 saturated carbocycles. The first-order valence-electron chi connectivity index (χ1n) is 7.05. The molecule has 0 aliphatic heterocycles. The zero-order valence-electron chi connectivity index (χ0n) is 11.8. The molecule has 1 aliphatic rings. The Kier molecular flexibility index (Phi) is 7.10. The largest absolute Gasteiger partial charge is 0.401 e. The van der Waals surface area contributed by atoms with E-state index in [1.807, 2.05) is 13.8 Å². The van der Waals surface area contributed by atoms with Crippen molar-refractivity contribution < 1.29 is 17.9 Å². The van der Waals surface area contributed by atoms with Crippen molar-refractivity contribution in [2.24, 2.45) is 0 Å². The molecule has 1 fully saturated rings. The summed E-state index contributed by atoms with van der Waals surface area (Å²) in [6.07, 6.45) is -1.43. The Morgan fingerprint density at radius 2 is 2.05 bits per heavy atom. The summed E-state index contributed by atoms with van der Waals surface area (Å²) in [5.74, 6) is 0. The quantitative estimate of drug-likeness (QED) is 0.623. The summed E-state index contributed by atoms with van der Waals surface area (Å²) in [6, 6.07) is 0.0445. The van der Waals surface area contributed by atoms with Crippen molar-refractivity contribution in [1.82, 2.24) is 10.2 Å². The van der Waals surface area contributed by atoms with Crippen LogP contribution in [0.2, 0.25) is 0 Å². The van der Waals surface area contributed by atoms with Crippen molar-refractivity contribution in [3.8, 4) is 0 Å². The molecule has 0 aromatic rings. The van der Waals surface area contributed by atoms with Crippen molar-refractivity contribution in [3.05, 3.63) is 0 Å². The van der Waals surface area contributed by atoms with Crippen LogP contribution in [-0.2, 0) is 4.74 Å². The van der Waals surface area contributed by atoms with Crippen LogP contribution in [0.3, 0.4) is 0 Å². The molecule has 1 unspecified atom stereocenters. The summed E-state index contributed by atoms with van der Waals surface area (Å²) in [5, 5.41) is 3.20. The molecule has 1 N–H and O–H groups in total. The molecule has 19 heavy (non-hydrogen) atoms. The van der Waals surface area contributed by atoms with Gasteiger partial charge in [-0.25, -0.2) is 0 Å². The molecule has 1 aliphatic carbocycles. The molecule has 0 saturated heterocycles. The lowest BCUT2D eigenvalue weighted by Gasteiger charge is -2.30. The minimum Gasteiger partial charge on any atom is -0.382 e. The third kappa shape index (κ3) is 7.74. The molecule has 0 amide bonds. The zero-order chi connectivity index (χ0) is 14.3. The lowest BCUT2D eigenvalue weighted by Crippen LogP contribution is -2.46. The van der Waals surface area contributed by atoms with E-state index in [-0.39, 0.29) is 12.1 Å². The second-order valence-electron chi connectivity index (χ2n) is 5.12. The van der Waals surface area contributed by atoms with Gasteiger partial charge in [0.05, 0.1) is 6.54 Å². The molecule has 0 spiro atoms. The molecule has 114 valence electrons. The highest BCUT2D eigenvalue weighted by molar-refractivity contribution is 4.89. The SMILES string of the molecule is CCOCCCNCC(C)N(CC(F)(F)F)C1CC1. The molecule has 0 aromatic carbocycles. The fourth-order valence-corrected chi connectivity index (χ4v) is 2.13. The van der Waals surface area contributed by atoms with E-state index in [4.69, 9.17) is 4.74 Å². The third-order valence-electron chi connectivity index (χ3n) is 3.23. The zero-order valence-corrected chi connectivity index (χ0v) is 11.8. The Morgan fingerprint density at radius 3 is 2.58 bits per heavy atom. The molecule has 6 heteroatoms. The van der Waals surface area contributed by atoms with Gasteiger partial charge in [0.25, 0.3) is 0 Å². The van der Waals surface area contributed by atoms with Gasteiger partial charge in [0, 0.05) is 31.8 Å². The van der Waals surface area contributed by atoms with Gasteiger partial charge in [-0.05, 0) is 39.7 Å². The molecule has 0 bridgehead atoms. The molecule has 1 rings (SSSR count). The minimum absolute atomic E-state index is 0.0822. The highest BCUT2D eigenvalue weighted by Gasteiger charge is 2.39. The van der Waals surface area contributed by atoms with Crippen LogP contribution in [0.5, 0.6) is 0 Å². The van der Waals surface area contributed by atoms with Crippen LogP contribution < -0.4 is 5.32 Å². The number of nitrogens with one attached hydrogen (secondary N) is 1. The monoisotopic (exact) mass is 282 g/mol. The van der Waals surface area contributed by atoms with Crippen molar-refractivity contribution >= 4 is 0 Å². The maximum absolute atomic E-state index is 12.5. The molecule has 0 aromatic heterocycles. The molecular weight excluding hydrogens is 257 g/mol. The van der Waals surface area contributed by atoms with E-state index in [0.717, 1.165) is 25.8 Å². The van der Waals surface area contributed by atoms with Crippen molar-refractivity contribution in [2.75, 3.05) is 32.8 Å². The van der Waals surface area contributed by atoms with Crippen LogP contribution in [-0.4, -0.2) is 56.0 Å². The maximum atomic E-state index is 12.5. The molecule has 1 atom stereocenters. The average Bonchev–Trinajstić information content (AvgIpc) is 3.13. The average molecular weight is 282 g/mol. The Labute approximate surface area is 113 Å².